The summed E-state index contributed by atoms with van der Waals surface area (Å²) in [6.07, 6.45) is 7.29. The summed E-state index contributed by atoms with van der Waals surface area (Å²) < 4.78 is 5.63. The number of anilines is 2. The summed E-state index contributed by atoms with van der Waals surface area (Å²) in [6, 6.07) is 2.67. The van der Waals surface area contributed by atoms with Crippen molar-refractivity contribution < 1.29 is 4.74 Å². The summed E-state index contributed by atoms with van der Waals surface area (Å²) in [6.45, 7) is 3.26. The van der Waals surface area contributed by atoms with E-state index in [2.05, 4.69) is 43.1 Å². The van der Waals surface area contributed by atoms with Crippen molar-refractivity contribution in [2.45, 2.75) is 44.8 Å². The molecular weight excluding hydrogens is 328 g/mol. The van der Waals surface area contributed by atoms with E-state index in [4.69, 9.17) is 4.74 Å². The highest BCUT2D eigenvalue weighted by Crippen LogP contribution is 2.30. The number of aromatic nitrogens is 4. The zero-order chi connectivity index (χ0) is 17.5. The van der Waals surface area contributed by atoms with E-state index in [9.17, 15) is 0 Å². The van der Waals surface area contributed by atoms with Crippen molar-refractivity contribution in [3.8, 4) is 0 Å². The van der Waals surface area contributed by atoms with Crippen LogP contribution in [0.2, 0.25) is 0 Å². The molecule has 0 spiro atoms. The predicted octanol–water partition coefficient (Wildman–Crippen LogP) is 1.54. The van der Waals surface area contributed by atoms with Gasteiger partial charge in [0.2, 0.25) is 0 Å². The molecule has 4 heterocycles. The Bertz CT molecular complexity index is 820. The van der Waals surface area contributed by atoms with Crippen LogP contribution in [0.25, 0.3) is 0 Å². The van der Waals surface area contributed by atoms with Crippen molar-refractivity contribution in [2.75, 3.05) is 36.5 Å². The molecule has 0 atom stereocenters. The quantitative estimate of drug-likeness (QED) is 0.830. The second kappa shape index (κ2) is 6.46. The predicted molar refractivity (Wildman–Crippen MR) is 98.5 cm³/mol. The Morgan fingerprint density at radius 2 is 1.96 bits per heavy atom. The molecule has 2 aliphatic heterocycles. The molecule has 0 saturated carbocycles. The number of aryl methyl sites for hydroxylation is 2. The minimum Gasteiger partial charge on any atom is -0.376 e. The summed E-state index contributed by atoms with van der Waals surface area (Å²) >= 11 is 0. The molecule has 5 rings (SSSR count). The van der Waals surface area contributed by atoms with Gasteiger partial charge in [-0.25, -0.2) is 9.97 Å². The van der Waals surface area contributed by atoms with E-state index < -0.39 is 0 Å². The molecule has 0 N–H and O–H groups in total. The lowest BCUT2D eigenvalue weighted by Gasteiger charge is -2.45. The SMILES string of the molecule is CN(c1ncnc2c1COCC2)C1CN(c2cc3c(nn2)CCCC3)C1. The van der Waals surface area contributed by atoms with Gasteiger partial charge in [0.15, 0.2) is 5.82 Å². The molecule has 1 fully saturated rings. The molecule has 2 aromatic rings. The normalized spacial score (nSPS) is 19.5. The van der Waals surface area contributed by atoms with Crippen LogP contribution >= 0.6 is 0 Å². The molecule has 0 bridgehead atoms. The second-order valence-corrected chi connectivity index (χ2v) is 7.48. The number of ether oxygens (including phenoxy) is 1. The van der Waals surface area contributed by atoms with Crippen LogP contribution in [0.5, 0.6) is 0 Å². The largest absolute Gasteiger partial charge is 0.376 e. The topological polar surface area (TPSA) is 67.3 Å². The Hall–Kier alpha value is -2.28. The molecule has 3 aliphatic rings. The molecule has 1 saturated heterocycles. The first-order valence-corrected chi connectivity index (χ1v) is 9.53. The number of hydrogen-bond donors (Lipinski definition) is 0. The zero-order valence-corrected chi connectivity index (χ0v) is 15.2. The van der Waals surface area contributed by atoms with Gasteiger partial charge in [0.05, 0.1) is 30.6 Å². The first-order valence-electron chi connectivity index (χ1n) is 9.53. The molecule has 136 valence electrons. The van der Waals surface area contributed by atoms with Gasteiger partial charge in [0, 0.05) is 32.1 Å². The van der Waals surface area contributed by atoms with Gasteiger partial charge in [0.1, 0.15) is 12.1 Å². The lowest BCUT2D eigenvalue weighted by atomic mass is 9.96. The maximum atomic E-state index is 5.63. The third-order valence-corrected chi connectivity index (χ3v) is 5.87. The van der Waals surface area contributed by atoms with E-state index in [0.29, 0.717) is 12.6 Å². The molecule has 0 radical (unpaired) electrons. The lowest BCUT2D eigenvalue weighted by molar-refractivity contribution is 0.109. The average molecular weight is 352 g/mol. The van der Waals surface area contributed by atoms with Crippen LogP contribution in [0.1, 0.15) is 35.4 Å². The Balaban J connectivity index is 1.30. The van der Waals surface area contributed by atoms with E-state index in [1.807, 2.05) is 0 Å². The zero-order valence-electron chi connectivity index (χ0n) is 15.2. The summed E-state index contributed by atoms with van der Waals surface area (Å²) in [5, 5.41) is 8.93. The van der Waals surface area contributed by atoms with Crippen molar-refractivity contribution >= 4 is 11.6 Å². The molecule has 2 aromatic heterocycles. The van der Waals surface area contributed by atoms with Crippen LogP contribution in [0.3, 0.4) is 0 Å². The highest BCUT2D eigenvalue weighted by Gasteiger charge is 2.34. The van der Waals surface area contributed by atoms with Crippen LogP contribution < -0.4 is 9.80 Å². The minimum absolute atomic E-state index is 0.425. The van der Waals surface area contributed by atoms with Crippen molar-refractivity contribution in [1.29, 1.82) is 0 Å². The molecule has 7 nitrogen and oxygen atoms in total. The Morgan fingerprint density at radius 1 is 1.08 bits per heavy atom. The number of rotatable bonds is 3. The van der Waals surface area contributed by atoms with Gasteiger partial charge in [-0.2, -0.15) is 5.10 Å². The van der Waals surface area contributed by atoms with Gasteiger partial charge >= 0.3 is 0 Å². The molecule has 0 aromatic carbocycles. The lowest BCUT2D eigenvalue weighted by Crippen LogP contribution is -2.59. The summed E-state index contributed by atoms with van der Waals surface area (Å²) in [5.41, 5.74) is 4.86. The van der Waals surface area contributed by atoms with E-state index >= 15 is 0 Å². The first kappa shape index (κ1) is 15.9. The highest BCUT2D eigenvalue weighted by atomic mass is 16.5. The molecule has 26 heavy (non-hydrogen) atoms. The van der Waals surface area contributed by atoms with Gasteiger partial charge in [-0.1, -0.05) is 0 Å². The van der Waals surface area contributed by atoms with Crippen LogP contribution in [0.4, 0.5) is 11.6 Å². The molecule has 0 amide bonds. The fourth-order valence-electron chi connectivity index (χ4n) is 4.14. The third kappa shape index (κ3) is 2.70. The fourth-order valence-corrected chi connectivity index (χ4v) is 4.14. The Labute approximate surface area is 153 Å². The van der Waals surface area contributed by atoms with Crippen molar-refractivity contribution in [1.82, 2.24) is 20.2 Å². The maximum absolute atomic E-state index is 5.63. The minimum atomic E-state index is 0.425. The average Bonchev–Trinajstić information content (AvgIpc) is 2.66. The smallest absolute Gasteiger partial charge is 0.151 e. The summed E-state index contributed by atoms with van der Waals surface area (Å²) in [5.74, 6) is 2.03. The van der Waals surface area contributed by atoms with Gasteiger partial charge in [-0.15, -0.1) is 5.10 Å². The highest BCUT2D eigenvalue weighted by molar-refractivity contribution is 5.53. The number of nitrogens with zero attached hydrogens (tertiary/aromatic N) is 6. The monoisotopic (exact) mass is 352 g/mol. The third-order valence-electron chi connectivity index (χ3n) is 5.87. The molecule has 1 aliphatic carbocycles. The van der Waals surface area contributed by atoms with E-state index in [0.717, 1.165) is 61.9 Å². The number of likely N-dealkylation sites (N-methyl/N-ethyl adjacent to an activating group) is 1. The Morgan fingerprint density at radius 3 is 2.88 bits per heavy atom. The first-order chi connectivity index (χ1) is 12.8. The van der Waals surface area contributed by atoms with Gasteiger partial charge in [-0.05, 0) is 37.3 Å². The van der Waals surface area contributed by atoms with Crippen molar-refractivity contribution in [3.05, 3.63) is 34.9 Å². The molecular formula is C19H24N6O. The van der Waals surface area contributed by atoms with Crippen molar-refractivity contribution in [2.24, 2.45) is 0 Å². The summed E-state index contributed by atoms with van der Waals surface area (Å²) in [7, 11) is 2.12. The van der Waals surface area contributed by atoms with E-state index in [1.165, 1.54) is 24.1 Å². The second-order valence-electron chi connectivity index (χ2n) is 7.48. The van der Waals surface area contributed by atoms with Crippen molar-refractivity contribution in [3.63, 3.8) is 0 Å². The van der Waals surface area contributed by atoms with Gasteiger partial charge in [-0.3, -0.25) is 0 Å². The van der Waals surface area contributed by atoms with E-state index in [-0.39, 0.29) is 0 Å². The number of fused-ring (bicyclic) bond motifs is 2. The fraction of sp³-hybridized carbons (Fsp3) is 0.579. The van der Waals surface area contributed by atoms with Crippen LogP contribution in [0, 0.1) is 0 Å². The van der Waals surface area contributed by atoms with Crippen LogP contribution in [-0.2, 0) is 30.6 Å². The van der Waals surface area contributed by atoms with Crippen LogP contribution in [-0.4, -0.2) is 53.0 Å². The standard InChI is InChI=1S/C19H24N6O/c1-24(19-15-11-26-7-6-17(15)20-12-21-19)14-9-25(10-14)18-8-13-4-2-3-5-16(13)22-23-18/h8,12,14H,2-7,9-11H2,1H3. The van der Waals surface area contributed by atoms with Gasteiger partial charge < -0.3 is 14.5 Å². The molecule has 0 unspecified atom stereocenters. The molecule has 7 heteroatoms. The number of hydrogen-bond acceptors (Lipinski definition) is 7. The van der Waals surface area contributed by atoms with E-state index in [1.54, 1.807) is 6.33 Å². The van der Waals surface area contributed by atoms with Gasteiger partial charge in [0.25, 0.3) is 0 Å². The van der Waals surface area contributed by atoms with Crippen LogP contribution in [0.15, 0.2) is 12.4 Å². The summed E-state index contributed by atoms with van der Waals surface area (Å²) in [4.78, 5) is 13.5. The Kier molecular flexibility index (Phi) is 3.96. The maximum Gasteiger partial charge on any atom is 0.151 e.